The second-order valence-corrected chi connectivity index (χ2v) is 7.91. The van der Waals surface area contributed by atoms with Crippen molar-refractivity contribution in [3.63, 3.8) is 0 Å². The van der Waals surface area contributed by atoms with Gasteiger partial charge in [0, 0.05) is 24.7 Å². The highest BCUT2D eigenvalue weighted by Crippen LogP contribution is 2.23. The first kappa shape index (κ1) is 15.7. The summed E-state index contributed by atoms with van der Waals surface area (Å²) in [5.41, 5.74) is 0.703. The fraction of sp³-hybridized carbons (Fsp3) is 0.375. The van der Waals surface area contributed by atoms with Crippen LogP contribution < -0.4 is 4.74 Å². The van der Waals surface area contributed by atoms with E-state index in [9.17, 15) is 13.2 Å². The van der Waals surface area contributed by atoms with Gasteiger partial charge in [-0.3, -0.25) is 9.78 Å². The monoisotopic (exact) mass is 334 g/mol. The maximum absolute atomic E-state index is 12.2. The van der Waals surface area contributed by atoms with Crippen LogP contribution >= 0.6 is 0 Å². The van der Waals surface area contributed by atoms with Crippen molar-refractivity contribution in [3.05, 3.63) is 36.5 Å². The van der Waals surface area contributed by atoms with Crippen LogP contribution in [0.4, 0.5) is 0 Å². The molecule has 1 aliphatic rings. The standard InChI is InChI=1S/C16H18N2O4S/c1-18(13-7-9-23(20,21)11-13)15(19)10-22-14-6-2-4-12-5-3-8-17-16(12)14/h2-6,8,13H,7,9-11H2,1H3. The number of fused-ring (bicyclic) bond motifs is 1. The molecule has 1 aliphatic heterocycles. The van der Waals surface area contributed by atoms with Gasteiger partial charge in [0.15, 0.2) is 16.4 Å². The number of nitrogens with zero attached hydrogens (tertiary/aromatic N) is 2. The Kier molecular flexibility index (Phi) is 4.21. The van der Waals surface area contributed by atoms with E-state index in [1.165, 1.54) is 4.90 Å². The van der Waals surface area contributed by atoms with Gasteiger partial charge in [0.05, 0.1) is 11.5 Å². The number of para-hydroxylation sites is 1. The van der Waals surface area contributed by atoms with Crippen molar-refractivity contribution in [2.45, 2.75) is 12.5 Å². The fourth-order valence-electron chi connectivity index (χ4n) is 2.72. The molecule has 1 atom stereocenters. The van der Waals surface area contributed by atoms with E-state index in [4.69, 9.17) is 4.74 Å². The SMILES string of the molecule is CN(C(=O)COc1cccc2cccnc12)C1CCS(=O)(=O)C1. The Morgan fingerprint density at radius 2 is 2.13 bits per heavy atom. The number of ether oxygens (including phenoxy) is 1. The summed E-state index contributed by atoms with van der Waals surface area (Å²) in [5, 5.41) is 0.938. The Morgan fingerprint density at radius 1 is 1.35 bits per heavy atom. The minimum absolute atomic E-state index is 0.0328. The van der Waals surface area contributed by atoms with Gasteiger partial charge in [-0.05, 0) is 18.6 Å². The van der Waals surface area contributed by atoms with Crippen LogP contribution in [-0.4, -0.2) is 55.4 Å². The number of hydrogen-bond donors (Lipinski definition) is 0. The summed E-state index contributed by atoms with van der Waals surface area (Å²) in [7, 11) is -1.39. The molecule has 23 heavy (non-hydrogen) atoms. The third kappa shape index (κ3) is 3.44. The van der Waals surface area contributed by atoms with Crippen LogP contribution in [0.2, 0.25) is 0 Å². The molecular weight excluding hydrogens is 316 g/mol. The van der Waals surface area contributed by atoms with Crippen molar-refractivity contribution in [3.8, 4) is 5.75 Å². The van der Waals surface area contributed by atoms with Crippen LogP contribution in [-0.2, 0) is 14.6 Å². The molecule has 0 aliphatic carbocycles. The topological polar surface area (TPSA) is 76.6 Å². The van der Waals surface area contributed by atoms with Gasteiger partial charge in [-0.1, -0.05) is 18.2 Å². The summed E-state index contributed by atoms with van der Waals surface area (Å²) >= 11 is 0. The van der Waals surface area contributed by atoms with E-state index in [0.717, 1.165) is 5.39 Å². The first-order valence-corrected chi connectivity index (χ1v) is 9.21. The lowest BCUT2D eigenvalue weighted by Gasteiger charge is -2.23. The molecule has 1 aromatic heterocycles. The molecule has 1 amide bonds. The van der Waals surface area contributed by atoms with Crippen LogP contribution in [0.25, 0.3) is 10.9 Å². The molecule has 122 valence electrons. The Hall–Kier alpha value is -2.15. The number of aromatic nitrogens is 1. The van der Waals surface area contributed by atoms with E-state index in [2.05, 4.69) is 4.98 Å². The summed E-state index contributed by atoms with van der Waals surface area (Å²) < 4.78 is 28.6. The highest BCUT2D eigenvalue weighted by atomic mass is 32.2. The van der Waals surface area contributed by atoms with E-state index in [1.807, 2.05) is 24.3 Å². The fourth-order valence-corrected chi connectivity index (χ4v) is 4.49. The lowest BCUT2D eigenvalue weighted by molar-refractivity contribution is -0.133. The van der Waals surface area contributed by atoms with Crippen LogP contribution in [0.5, 0.6) is 5.75 Å². The first-order valence-electron chi connectivity index (χ1n) is 7.39. The number of hydrogen-bond acceptors (Lipinski definition) is 5. The molecule has 0 saturated carbocycles. The average Bonchev–Trinajstić information content (AvgIpc) is 2.91. The van der Waals surface area contributed by atoms with Gasteiger partial charge in [0.1, 0.15) is 11.3 Å². The summed E-state index contributed by atoms with van der Waals surface area (Å²) in [4.78, 5) is 18.0. The van der Waals surface area contributed by atoms with Crippen molar-refractivity contribution in [2.24, 2.45) is 0 Å². The predicted molar refractivity (Wildman–Crippen MR) is 87.1 cm³/mol. The molecule has 0 bridgehead atoms. The molecule has 6 nitrogen and oxygen atoms in total. The van der Waals surface area contributed by atoms with Crippen LogP contribution in [0, 0.1) is 0 Å². The second kappa shape index (κ2) is 6.16. The minimum atomic E-state index is -3.01. The van der Waals surface area contributed by atoms with Crippen molar-refractivity contribution < 1.29 is 17.9 Å². The van der Waals surface area contributed by atoms with Crippen molar-refractivity contribution in [1.82, 2.24) is 9.88 Å². The summed E-state index contributed by atoms with van der Waals surface area (Å²) in [6.45, 7) is -0.136. The highest BCUT2D eigenvalue weighted by molar-refractivity contribution is 7.91. The molecule has 1 fully saturated rings. The number of rotatable bonds is 4. The molecule has 1 aromatic carbocycles. The van der Waals surface area contributed by atoms with E-state index >= 15 is 0 Å². The largest absolute Gasteiger partial charge is 0.481 e. The zero-order chi connectivity index (χ0) is 16.4. The molecular formula is C16H18N2O4S. The van der Waals surface area contributed by atoms with Crippen molar-refractivity contribution >= 4 is 26.6 Å². The molecule has 3 rings (SSSR count). The maximum atomic E-state index is 12.2. The zero-order valence-electron chi connectivity index (χ0n) is 12.8. The second-order valence-electron chi connectivity index (χ2n) is 5.68. The van der Waals surface area contributed by atoms with Gasteiger partial charge in [0.25, 0.3) is 5.91 Å². The summed E-state index contributed by atoms with van der Waals surface area (Å²) in [6.07, 6.45) is 2.16. The number of carbonyl (C=O) groups is 1. The maximum Gasteiger partial charge on any atom is 0.260 e. The summed E-state index contributed by atoms with van der Waals surface area (Å²) in [5.74, 6) is 0.484. The Labute approximate surface area is 135 Å². The third-order valence-corrected chi connectivity index (χ3v) is 5.85. The molecule has 1 saturated heterocycles. The smallest absolute Gasteiger partial charge is 0.260 e. The molecule has 0 radical (unpaired) electrons. The molecule has 1 unspecified atom stereocenters. The van der Waals surface area contributed by atoms with E-state index in [1.54, 1.807) is 19.3 Å². The number of amides is 1. The summed E-state index contributed by atoms with van der Waals surface area (Å²) in [6, 6.07) is 9.03. The van der Waals surface area contributed by atoms with E-state index in [0.29, 0.717) is 17.7 Å². The van der Waals surface area contributed by atoms with Crippen LogP contribution in [0.3, 0.4) is 0 Å². The third-order valence-electron chi connectivity index (χ3n) is 4.10. The van der Waals surface area contributed by atoms with Gasteiger partial charge in [-0.15, -0.1) is 0 Å². The number of pyridine rings is 1. The van der Waals surface area contributed by atoms with Crippen molar-refractivity contribution in [1.29, 1.82) is 0 Å². The molecule has 2 aromatic rings. The van der Waals surface area contributed by atoms with Gasteiger partial charge in [-0.25, -0.2) is 8.42 Å². The number of likely N-dealkylation sites (N-methyl/N-ethyl adjacent to an activating group) is 1. The predicted octanol–water partition coefficient (Wildman–Crippen LogP) is 1.26. The number of carbonyl (C=O) groups excluding carboxylic acids is 1. The average molecular weight is 334 g/mol. The normalized spacial score (nSPS) is 19.6. The minimum Gasteiger partial charge on any atom is -0.481 e. The lowest BCUT2D eigenvalue weighted by atomic mass is 10.2. The molecule has 0 spiro atoms. The molecule has 0 N–H and O–H groups in total. The Morgan fingerprint density at radius 3 is 2.87 bits per heavy atom. The van der Waals surface area contributed by atoms with Gasteiger partial charge < -0.3 is 9.64 Å². The van der Waals surface area contributed by atoms with Gasteiger partial charge in [-0.2, -0.15) is 0 Å². The van der Waals surface area contributed by atoms with Gasteiger partial charge in [0.2, 0.25) is 0 Å². The molecule has 7 heteroatoms. The highest BCUT2D eigenvalue weighted by Gasteiger charge is 2.32. The van der Waals surface area contributed by atoms with Gasteiger partial charge >= 0.3 is 0 Å². The number of benzene rings is 1. The Balaban J connectivity index is 1.66. The van der Waals surface area contributed by atoms with E-state index in [-0.39, 0.29) is 30.1 Å². The van der Waals surface area contributed by atoms with Crippen LogP contribution in [0.1, 0.15) is 6.42 Å². The lowest BCUT2D eigenvalue weighted by Crippen LogP contribution is -2.40. The molecule has 2 heterocycles. The van der Waals surface area contributed by atoms with Crippen molar-refractivity contribution in [2.75, 3.05) is 25.2 Å². The van der Waals surface area contributed by atoms with Crippen LogP contribution in [0.15, 0.2) is 36.5 Å². The quantitative estimate of drug-likeness (QED) is 0.841. The van der Waals surface area contributed by atoms with E-state index < -0.39 is 9.84 Å². The number of sulfone groups is 1. The first-order chi connectivity index (χ1) is 11.0. The Bertz CT molecular complexity index is 830. The zero-order valence-corrected chi connectivity index (χ0v) is 13.6.